The van der Waals surface area contributed by atoms with E-state index < -0.39 is 21.6 Å². The van der Waals surface area contributed by atoms with Crippen LogP contribution in [0, 0.1) is 0 Å². The number of carbonyl (C=O) groups excluding carboxylic acids is 1. The molecule has 0 aliphatic rings. The maximum absolute atomic E-state index is 13.1. The molecule has 0 unspecified atom stereocenters. The SMILES string of the molecule is COCc1cc(=O)oc2cc(NC(=O)c3cc(Cl)ccc3NS(=O)(=O)c3ccc(Cl)cc3)ccc12. The van der Waals surface area contributed by atoms with E-state index in [1.807, 2.05) is 0 Å². The molecule has 1 heterocycles. The highest BCUT2D eigenvalue weighted by Gasteiger charge is 2.20. The highest BCUT2D eigenvalue weighted by molar-refractivity contribution is 7.92. The first-order valence-corrected chi connectivity index (χ1v) is 12.4. The third-order valence-corrected chi connectivity index (χ3v) is 6.85. The molecule has 2 N–H and O–H groups in total. The fourth-order valence-electron chi connectivity index (χ4n) is 3.39. The van der Waals surface area contributed by atoms with Gasteiger partial charge in [0.05, 0.1) is 22.8 Å². The standard InChI is InChI=1S/C24H18Cl2N2O6S/c1-33-13-14-10-23(29)34-22-12-17(5-8-19(14)22)27-24(30)20-11-16(26)4-9-21(20)28-35(31,32)18-6-2-15(25)3-7-18/h2-12,28H,13H2,1H3,(H,27,30). The first-order valence-electron chi connectivity index (χ1n) is 10.1. The molecule has 3 aromatic carbocycles. The van der Waals surface area contributed by atoms with E-state index in [0.29, 0.717) is 21.7 Å². The maximum Gasteiger partial charge on any atom is 0.336 e. The summed E-state index contributed by atoms with van der Waals surface area (Å²) in [6.07, 6.45) is 0. The molecule has 0 atom stereocenters. The van der Waals surface area contributed by atoms with E-state index in [9.17, 15) is 18.0 Å². The van der Waals surface area contributed by atoms with Crippen LogP contribution in [0.25, 0.3) is 11.0 Å². The molecular formula is C24H18Cl2N2O6S. The summed E-state index contributed by atoms with van der Waals surface area (Å²) in [6, 6.07) is 15.9. The Morgan fingerprint density at radius 2 is 1.69 bits per heavy atom. The van der Waals surface area contributed by atoms with E-state index in [0.717, 1.165) is 0 Å². The molecule has 0 spiro atoms. The second-order valence-electron chi connectivity index (χ2n) is 7.44. The molecule has 180 valence electrons. The van der Waals surface area contributed by atoms with E-state index in [4.69, 9.17) is 32.4 Å². The maximum atomic E-state index is 13.1. The number of anilines is 2. The topological polar surface area (TPSA) is 115 Å². The number of halogens is 2. The van der Waals surface area contributed by atoms with Gasteiger partial charge in [-0.05, 0) is 60.2 Å². The minimum absolute atomic E-state index is 0.00952. The zero-order chi connectivity index (χ0) is 25.2. The van der Waals surface area contributed by atoms with Crippen molar-refractivity contribution in [2.75, 3.05) is 17.1 Å². The van der Waals surface area contributed by atoms with Gasteiger partial charge in [-0.1, -0.05) is 23.2 Å². The van der Waals surface area contributed by atoms with Crippen molar-refractivity contribution in [3.05, 3.63) is 98.3 Å². The second kappa shape index (κ2) is 10.1. The number of sulfonamides is 1. The highest BCUT2D eigenvalue weighted by Crippen LogP contribution is 2.27. The van der Waals surface area contributed by atoms with Crippen LogP contribution in [0.3, 0.4) is 0 Å². The van der Waals surface area contributed by atoms with Crippen LogP contribution in [0.4, 0.5) is 11.4 Å². The Morgan fingerprint density at radius 1 is 0.971 bits per heavy atom. The van der Waals surface area contributed by atoms with Gasteiger partial charge < -0.3 is 14.5 Å². The Kier molecular flexibility index (Phi) is 7.13. The van der Waals surface area contributed by atoms with Gasteiger partial charge in [0.2, 0.25) is 0 Å². The molecule has 8 nitrogen and oxygen atoms in total. The number of carbonyl (C=O) groups is 1. The summed E-state index contributed by atoms with van der Waals surface area (Å²) in [7, 11) is -2.50. The molecule has 35 heavy (non-hydrogen) atoms. The minimum atomic E-state index is -4.01. The minimum Gasteiger partial charge on any atom is -0.423 e. The molecule has 0 aliphatic carbocycles. The van der Waals surface area contributed by atoms with Crippen molar-refractivity contribution in [2.24, 2.45) is 0 Å². The monoisotopic (exact) mass is 532 g/mol. The Labute approximate surface area is 210 Å². The van der Waals surface area contributed by atoms with Crippen molar-refractivity contribution in [3.63, 3.8) is 0 Å². The van der Waals surface area contributed by atoms with Crippen molar-refractivity contribution in [1.82, 2.24) is 0 Å². The zero-order valence-electron chi connectivity index (χ0n) is 18.2. The normalized spacial score (nSPS) is 11.4. The Hall–Kier alpha value is -3.37. The lowest BCUT2D eigenvalue weighted by atomic mass is 10.1. The number of hydrogen-bond acceptors (Lipinski definition) is 6. The van der Waals surface area contributed by atoms with Crippen molar-refractivity contribution in [2.45, 2.75) is 11.5 Å². The number of benzene rings is 3. The number of rotatable bonds is 7. The quantitative estimate of drug-likeness (QED) is 0.312. The van der Waals surface area contributed by atoms with Crippen LogP contribution in [0.2, 0.25) is 10.0 Å². The van der Waals surface area contributed by atoms with Gasteiger partial charge in [0, 0.05) is 40.4 Å². The van der Waals surface area contributed by atoms with Gasteiger partial charge in [-0.3, -0.25) is 9.52 Å². The number of amides is 1. The molecule has 0 bridgehead atoms. The molecule has 0 saturated heterocycles. The van der Waals surface area contributed by atoms with Crippen LogP contribution in [0.15, 0.2) is 80.8 Å². The average molecular weight is 533 g/mol. The fraction of sp³-hybridized carbons (Fsp3) is 0.0833. The average Bonchev–Trinajstić information content (AvgIpc) is 2.80. The fourth-order valence-corrected chi connectivity index (χ4v) is 4.77. The van der Waals surface area contributed by atoms with Crippen LogP contribution >= 0.6 is 23.2 Å². The van der Waals surface area contributed by atoms with Gasteiger partial charge in [0.15, 0.2) is 0 Å². The predicted octanol–water partition coefficient (Wildman–Crippen LogP) is 5.30. The summed E-state index contributed by atoms with van der Waals surface area (Å²) in [5, 5.41) is 3.95. The van der Waals surface area contributed by atoms with Crippen molar-refractivity contribution in [1.29, 1.82) is 0 Å². The first kappa shape index (κ1) is 24.7. The van der Waals surface area contributed by atoms with Crippen LogP contribution in [-0.4, -0.2) is 21.4 Å². The van der Waals surface area contributed by atoms with E-state index >= 15 is 0 Å². The second-order valence-corrected chi connectivity index (χ2v) is 9.99. The van der Waals surface area contributed by atoms with E-state index in [2.05, 4.69) is 10.0 Å². The molecule has 0 fully saturated rings. The molecule has 4 aromatic rings. The molecule has 4 rings (SSSR count). The number of fused-ring (bicyclic) bond motifs is 1. The number of methoxy groups -OCH3 is 1. The summed E-state index contributed by atoms with van der Waals surface area (Å²) < 4.78 is 38.4. The van der Waals surface area contributed by atoms with E-state index in [1.54, 1.807) is 12.1 Å². The van der Waals surface area contributed by atoms with Crippen molar-refractivity contribution in [3.8, 4) is 0 Å². The van der Waals surface area contributed by atoms with Crippen LogP contribution in [0.5, 0.6) is 0 Å². The first-order chi connectivity index (χ1) is 16.7. The zero-order valence-corrected chi connectivity index (χ0v) is 20.5. The molecule has 0 aliphatic heterocycles. The lowest BCUT2D eigenvalue weighted by Crippen LogP contribution is -2.18. The van der Waals surface area contributed by atoms with Crippen LogP contribution in [-0.2, 0) is 21.4 Å². The molecule has 0 saturated carbocycles. The van der Waals surface area contributed by atoms with Gasteiger partial charge in [-0.2, -0.15) is 0 Å². The Bertz CT molecular complexity index is 1580. The van der Waals surface area contributed by atoms with Gasteiger partial charge in [0.25, 0.3) is 15.9 Å². The van der Waals surface area contributed by atoms with Crippen LogP contribution in [0.1, 0.15) is 15.9 Å². The Morgan fingerprint density at radius 3 is 2.40 bits per heavy atom. The molecule has 1 aromatic heterocycles. The van der Waals surface area contributed by atoms with Crippen molar-refractivity contribution < 1.29 is 22.4 Å². The summed E-state index contributed by atoms with van der Waals surface area (Å²) in [5.41, 5.74) is 0.692. The number of ether oxygens (including phenoxy) is 1. The van der Waals surface area contributed by atoms with Crippen molar-refractivity contribution >= 4 is 61.5 Å². The highest BCUT2D eigenvalue weighted by atomic mass is 35.5. The van der Waals surface area contributed by atoms with Gasteiger partial charge in [-0.25, -0.2) is 13.2 Å². The summed E-state index contributed by atoms with van der Waals surface area (Å²) in [5.74, 6) is -0.629. The lowest BCUT2D eigenvalue weighted by Gasteiger charge is -2.14. The summed E-state index contributed by atoms with van der Waals surface area (Å²) in [4.78, 5) is 25.0. The smallest absolute Gasteiger partial charge is 0.336 e. The number of nitrogens with one attached hydrogen (secondary N) is 2. The molecule has 0 radical (unpaired) electrons. The van der Waals surface area contributed by atoms with E-state index in [-0.39, 0.29) is 33.4 Å². The molecule has 11 heteroatoms. The summed E-state index contributed by atoms with van der Waals surface area (Å²) >= 11 is 11.9. The molecule has 1 amide bonds. The van der Waals surface area contributed by atoms with Crippen LogP contribution < -0.4 is 15.7 Å². The third-order valence-electron chi connectivity index (χ3n) is 4.98. The largest absolute Gasteiger partial charge is 0.423 e. The number of hydrogen-bond donors (Lipinski definition) is 2. The third kappa shape index (κ3) is 5.66. The molecular weight excluding hydrogens is 515 g/mol. The Balaban J connectivity index is 1.65. The van der Waals surface area contributed by atoms with Gasteiger partial charge >= 0.3 is 5.63 Å². The lowest BCUT2D eigenvalue weighted by molar-refractivity contribution is 0.102. The van der Waals surface area contributed by atoms with Gasteiger partial charge in [0.1, 0.15) is 5.58 Å². The van der Waals surface area contributed by atoms with Gasteiger partial charge in [-0.15, -0.1) is 0 Å². The van der Waals surface area contributed by atoms with E-state index in [1.165, 1.54) is 61.7 Å². The predicted molar refractivity (Wildman–Crippen MR) is 135 cm³/mol. The summed E-state index contributed by atoms with van der Waals surface area (Å²) in [6.45, 7) is 0.216.